The molecule has 1 atom stereocenters. The highest BCUT2D eigenvalue weighted by atomic mass is 19.4. The smallest absolute Gasteiger partial charge is 0.416 e. The van der Waals surface area contributed by atoms with E-state index in [1.54, 1.807) is 48.5 Å². The van der Waals surface area contributed by atoms with Gasteiger partial charge in [0.05, 0.1) is 22.6 Å². The number of amides is 1. The molecule has 1 aliphatic rings. The van der Waals surface area contributed by atoms with Crippen LogP contribution in [0.2, 0.25) is 0 Å². The van der Waals surface area contributed by atoms with Crippen molar-refractivity contribution in [2.45, 2.75) is 19.1 Å². The van der Waals surface area contributed by atoms with Crippen LogP contribution in [0, 0.1) is 6.92 Å². The van der Waals surface area contributed by atoms with E-state index in [0.717, 1.165) is 17.7 Å². The van der Waals surface area contributed by atoms with E-state index < -0.39 is 23.7 Å². The first kappa shape index (κ1) is 20.1. The molecule has 32 heavy (non-hydrogen) atoms. The van der Waals surface area contributed by atoms with Crippen LogP contribution in [0.5, 0.6) is 0 Å². The van der Waals surface area contributed by atoms with E-state index >= 15 is 0 Å². The van der Waals surface area contributed by atoms with E-state index in [0.29, 0.717) is 10.9 Å². The predicted octanol–water partition coefficient (Wildman–Crippen LogP) is 5.87. The van der Waals surface area contributed by atoms with Gasteiger partial charge in [0.2, 0.25) is 5.76 Å². The summed E-state index contributed by atoms with van der Waals surface area (Å²) in [5, 5.41) is 0.323. The molecular formula is C25H16F3NO3. The van der Waals surface area contributed by atoms with Gasteiger partial charge in [0, 0.05) is 5.69 Å². The van der Waals surface area contributed by atoms with Gasteiger partial charge in [-0.05, 0) is 42.8 Å². The third kappa shape index (κ3) is 3.09. The molecule has 5 rings (SSSR count). The predicted molar refractivity (Wildman–Crippen MR) is 114 cm³/mol. The molecule has 4 nitrogen and oxygen atoms in total. The van der Waals surface area contributed by atoms with Gasteiger partial charge in [0.15, 0.2) is 5.43 Å². The minimum Gasteiger partial charge on any atom is -0.450 e. The molecule has 3 aromatic carbocycles. The molecule has 4 aromatic rings. The van der Waals surface area contributed by atoms with Crippen molar-refractivity contribution in [2.75, 3.05) is 4.90 Å². The monoisotopic (exact) mass is 435 g/mol. The summed E-state index contributed by atoms with van der Waals surface area (Å²) in [6.07, 6.45) is -4.58. The molecule has 0 bridgehead atoms. The van der Waals surface area contributed by atoms with Crippen LogP contribution in [0.1, 0.15) is 38.9 Å². The van der Waals surface area contributed by atoms with Crippen molar-refractivity contribution in [1.82, 2.24) is 0 Å². The lowest BCUT2D eigenvalue weighted by molar-refractivity contribution is -0.137. The van der Waals surface area contributed by atoms with Crippen LogP contribution in [-0.4, -0.2) is 5.91 Å². The standard InChI is InChI=1S/C25H16F3NO3/c1-14-10-11-19-18(12-14)22(30)20-21(15-6-3-2-4-7-15)29(24(31)23(20)32-19)17-9-5-8-16(13-17)25(26,27)28/h2-13,21H,1H3. The van der Waals surface area contributed by atoms with Crippen LogP contribution in [0.4, 0.5) is 18.9 Å². The normalized spacial score (nSPS) is 15.9. The number of hydrogen-bond acceptors (Lipinski definition) is 3. The molecule has 0 spiro atoms. The average Bonchev–Trinajstić information content (AvgIpc) is 3.07. The molecule has 0 saturated carbocycles. The third-order valence-electron chi connectivity index (χ3n) is 5.59. The number of nitrogens with zero attached hydrogens (tertiary/aromatic N) is 1. The maximum atomic E-state index is 13.5. The second kappa shape index (κ2) is 7.09. The number of rotatable bonds is 2. The fraction of sp³-hybridized carbons (Fsp3) is 0.120. The Labute approximate surface area is 180 Å². The van der Waals surface area contributed by atoms with Gasteiger partial charge in [-0.2, -0.15) is 13.2 Å². The first-order valence-electron chi connectivity index (χ1n) is 9.89. The van der Waals surface area contributed by atoms with Gasteiger partial charge < -0.3 is 4.42 Å². The lowest BCUT2D eigenvalue weighted by Gasteiger charge is -2.26. The Morgan fingerprint density at radius 2 is 1.66 bits per heavy atom. The number of aryl methyl sites for hydroxylation is 1. The van der Waals surface area contributed by atoms with Crippen LogP contribution in [0.3, 0.4) is 0 Å². The topological polar surface area (TPSA) is 50.5 Å². The number of carbonyl (C=O) groups is 1. The highest BCUT2D eigenvalue weighted by Crippen LogP contribution is 2.42. The van der Waals surface area contributed by atoms with Crippen molar-refractivity contribution in [3.63, 3.8) is 0 Å². The summed E-state index contributed by atoms with van der Waals surface area (Å²) >= 11 is 0. The summed E-state index contributed by atoms with van der Waals surface area (Å²) in [5.41, 5.74) is 0.593. The number of hydrogen-bond donors (Lipinski definition) is 0. The molecule has 0 aliphatic carbocycles. The van der Waals surface area contributed by atoms with Crippen molar-refractivity contribution in [3.8, 4) is 0 Å². The summed E-state index contributed by atoms with van der Waals surface area (Å²) in [7, 11) is 0. The largest absolute Gasteiger partial charge is 0.450 e. The van der Waals surface area contributed by atoms with Crippen LogP contribution < -0.4 is 10.3 Å². The Morgan fingerprint density at radius 1 is 0.906 bits per heavy atom. The fourth-order valence-corrected chi connectivity index (χ4v) is 4.14. The second-order valence-corrected chi connectivity index (χ2v) is 7.71. The average molecular weight is 435 g/mol. The maximum Gasteiger partial charge on any atom is 0.416 e. The summed E-state index contributed by atoms with van der Waals surface area (Å²) < 4.78 is 45.9. The summed E-state index contributed by atoms with van der Waals surface area (Å²) in [6.45, 7) is 1.83. The molecule has 2 heterocycles. The van der Waals surface area contributed by atoms with Crippen molar-refractivity contribution < 1.29 is 22.4 Å². The second-order valence-electron chi connectivity index (χ2n) is 7.71. The molecule has 7 heteroatoms. The van der Waals surface area contributed by atoms with Crippen molar-refractivity contribution >= 4 is 22.6 Å². The van der Waals surface area contributed by atoms with Gasteiger partial charge >= 0.3 is 6.18 Å². The lowest BCUT2D eigenvalue weighted by Crippen LogP contribution is -2.29. The highest BCUT2D eigenvalue weighted by Gasteiger charge is 2.44. The van der Waals surface area contributed by atoms with Crippen molar-refractivity contribution in [3.05, 3.63) is 111 Å². The molecular weight excluding hydrogens is 419 g/mol. The molecule has 0 N–H and O–H groups in total. The molecule has 0 radical (unpaired) electrons. The first-order chi connectivity index (χ1) is 15.3. The van der Waals surface area contributed by atoms with E-state index in [2.05, 4.69) is 0 Å². The number of fused-ring (bicyclic) bond motifs is 2. The Morgan fingerprint density at radius 3 is 2.38 bits per heavy atom. The Balaban J connectivity index is 1.80. The van der Waals surface area contributed by atoms with E-state index in [1.165, 1.54) is 17.0 Å². The van der Waals surface area contributed by atoms with Crippen molar-refractivity contribution in [2.24, 2.45) is 0 Å². The number of carbonyl (C=O) groups excluding carboxylic acids is 1. The zero-order chi connectivity index (χ0) is 22.6. The third-order valence-corrected chi connectivity index (χ3v) is 5.59. The van der Waals surface area contributed by atoms with Gasteiger partial charge in [-0.3, -0.25) is 14.5 Å². The van der Waals surface area contributed by atoms with Crippen LogP contribution >= 0.6 is 0 Å². The molecule has 160 valence electrons. The molecule has 1 unspecified atom stereocenters. The van der Waals surface area contributed by atoms with Gasteiger partial charge in [-0.15, -0.1) is 0 Å². The number of benzene rings is 3. The first-order valence-corrected chi connectivity index (χ1v) is 9.89. The molecule has 0 fully saturated rings. The summed E-state index contributed by atoms with van der Waals surface area (Å²) in [5.74, 6) is -0.814. The molecule has 1 aromatic heterocycles. The quantitative estimate of drug-likeness (QED) is 0.396. The van der Waals surface area contributed by atoms with Crippen LogP contribution in [0.25, 0.3) is 11.0 Å². The Hall–Kier alpha value is -3.87. The van der Waals surface area contributed by atoms with Gasteiger partial charge in [0.25, 0.3) is 5.91 Å². The number of alkyl halides is 3. The number of anilines is 1. The minimum atomic E-state index is -4.58. The minimum absolute atomic E-state index is 0.0321. The highest BCUT2D eigenvalue weighted by molar-refractivity contribution is 6.10. The molecule has 0 saturated heterocycles. The summed E-state index contributed by atoms with van der Waals surface area (Å²) in [4.78, 5) is 28.1. The van der Waals surface area contributed by atoms with Crippen molar-refractivity contribution in [1.29, 1.82) is 0 Å². The SMILES string of the molecule is Cc1ccc2oc3c(c(=O)c2c1)C(c1ccccc1)N(c1cccc(C(F)(F)F)c1)C3=O. The molecule has 1 amide bonds. The van der Waals surface area contributed by atoms with E-state index in [9.17, 15) is 22.8 Å². The Kier molecular flexibility index (Phi) is 4.44. The van der Waals surface area contributed by atoms with Crippen LogP contribution in [-0.2, 0) is 6.18 Å². The van der Waals surface area contributed by atoms with E-state index in [4.69, 9.17) is 4.42 Å². The Bertz CT molecular complexity index is 1420. The van der Waals surface area contributed by atoms with Gasteiger partial charge in [-0.25, -0.2) is 0 Å². The lowest BCUT2D eigenvalue weighted by atomic mass is 9.98. The van der Waals surface area contributed by atoms with Gasteiger partial charge in [0.1, 0.15) is 5.58 Å². The molecule has 1 aliphatic heterocycles. The summed E-state index contributed by atoms with van der Waals surface area (Å²) in [6, 6.07) is 17.4. The van der Waals surface area contributed by atoms with E-state index in [-0.39, 0.29) is 28.0 Å². The van der Waals surface area contributed by atoms with E-state index in [1.807, 2.05) is 6.92 Å². The maximum absolute atomic E-state index is 13.5. The zero-order valence-electron chi connectivity index (χ0n) is 16.8. The van der Waals surface area contributed by atoms with Crippen LogP contribution in [0.15, 0.2) is 82.0 Å². The number of halogens is 3. The van der Waals surface area contributed by atoms with Gasteiger partial charge in [-0.1, -0.05) is 48.0 Å². The zero-order valence-corrected chi connectivity index (χ0v) is 16.8. The fourth-order valence-electron chi connectivity index (χ4n) is 4.14.